The molecule has 67 heavy (non-hydrogen) atoms. The zero-order chi connectivity index (χ0) is 48.1. The number of ketones is 1. The van der Waals surface area contributed by atoms with Crippen molar-refractivity contribution in [1.82, 2.24) is 10.2 Å². The first-order valence-corrected chi connectivity index (χ1v) is 22.4. The molecule has 11 atom stereocenters. The molecule has 2 amide bonds. The predicted molar refractivity (Wildman–Crippen MR) is 235 cm³/mol. The van der Waals surface area contributed by atoms with E-state index in [1.54, 1.807) is 92.7 Å². The van der Waals surface area contributed by atoms with Crippen LogP contribution in [-0.2, 0) is 42.8 Å². The van der Waals surface area contributed by atoms with Gasteiger partial charge in [-0.1, -0.05) is 80.6 Å². The van der Waals surface area contributed by atoms with Gasteiger partial charge in [-0.25, -0.2) is 14.4 Å². The molecule has 0 aromatic heterocycles. The van der Waals surface area contributed by atoms with Crippen LogP contribution in [0.15, 0.2) is 102 Å². The van der Waals surface area contributed by atoms with Crippen LogP contribution in [-0.4, -0.2) is 137 Å². The highest BCUT2D eigenvalue weighted by Gasteiger charge is 2.78. The van der Waals surface area contributed by atoms with Crippen molar-refractivity contribution in [2.45, 2.75) is 101 Å². The summed E-state index contributed by atoms with van der Waals surface area (Å²) in [4.78, 5) is 87.1. The molecule has 8 rings (SSSR count). The fourth-order valence-corrected chi connectivity index (χ4v) is 10.9. The van der Waals surface area contributed by atoms with Crippen LogP contribution in [0.2, 0.25) is 0 Å². The standard InChI is InChI=1S/C50H56N2O15/c1-28-33(64-45(59)38(55)37(30-15-9-6-10-16-30)51-43(57)31-17-11-7-12-18-31)26-50(61)42(66-44(58)32-19-13-8-14-20-32)40-48(5,34(54)25-35-49(40,27-63-35)67-29(2)53)41(56)39(36(28)47(50,3)4)65-46(60)52-21-23-62-24-22-52/h6-20,33-35,37-40,42,54-55,61H,21-27H2,1-5H3,(H,51,57)/t33-,34-,35+,37-,38+,39+,40-,42-,48+,49-,50+/m0/s1. The van der Waals surface area contributed by atoms with E-state index >= 15 is 4.79 Å². The Morgan fingerprint density at radius 1 is 0.851 bits per heavy atom. The molecule has 2 saturated heterocycles. The minimum atomic E-state index is -2.43. The van der Waals surface area contributed by atoms with Crippen LogP contribution >= 0.6 is 0 Å². The van der Waals surface area contributed by atoms with Gasteiger partial charge in [0.1, 0.15) is 23.9 Å². The quantitative estimate of drug-likeness (QED) is 0.129. The normalized spacial score (nSPS) is 31.8. The van der Waals surface area contributed by atoms with E-state index in [9.17, 15) is 39.3 Å². The predicted octanol–water partition coefficient (Wildman–Crippen LogP) is 3.64. The third-order valence-electron chi connectivity index (χ3n) is 14.7. The third kappa shape index (κ3) is 8.19. The summed E-state index contributed by atoms with van der Waals surface area (Å²) in [5.41, 5.74) is -7.21. The molecule has 0 spiro atoms. The van der Waals surface area contributed by atoms with Crippen LogP contribution in [0, 0.1) is 16.7 Å². The van der Waals surface area contributed by atoms with Crippen molar-refractivity contribution in [2.75, 3.05) is 32.9 Å². The Kier molecular flexibility index (Phi) is 12.9. The van der Waals surface area contributed by atoms with E-state index in [1.807, 2.05) is 0 Å². The van der Waals surface area contributed by atoms with E-state index in [4.69, 9.17) is 28.4 Å². The summed E-state index contributed by atoms with van der Waals surface area (Å²) in [6.45, 7) is 7.56. The number of nitrogens with one attached hydrogen (secondary N) is 1. The van der Waals surface area contributed by atoms with Gasteiger partial charge in [0.2, 0.25) is 0 Å². The number of rotatable bonds is 10. The van der Waals surface area contributed by atoms with Gasteiger partial charge >= 0.3 is 24.0 Å². The van der Waals surface area contributed by atoms with Crippen molar-refractivity contribution >= 4 is 35.7 Å². The van der Waals surface area contributed by atoms with Gasteiger partial charge in [-0.15, -0.1) is 0 Å². The highest BCUT2D eigenvalue weighted by molar-refractivity contribution is 5.96. The molecule has 0 radical (unpaired) electrons. The first kappa shape index (κ1) is 47.5. The van der Waals surface area contributed by atoms with Gasteiger partial charge in [-0.05, 0) is 54.8 Å². The molecule has 2 aliphatic heterocycles. The van der Waals surface area contributed by atoms with Gasteiger partial charge in [0.25, 0.3) is 5.91 Å². The molecule has 0 unspecified atom stereocenters. The molecule has 5 aliphatic rings. The number of carbonyl (C=O) groups excluding carboxylic acids is 6. The molecule has 4 N–H and O–H groups in total. The van der Waals surface area contributed by atoms with Gasteiger partial charge in [0, 0.05) is 43.8 Å². The number of hydrogen-bond donors (Lipinski definition) is 4. The molecule has 2 heterocycles. The summed E-state index contributed by atoms with van der Waals surface area (Å²) < 4.78 is 36.4. The number of ether oxygens (including phenoxy) is 6. The van der Waals surface area contributed by atoms with E-state index in [0.29, 0.717) is 5.56 Å². The van der Waals surface area contributed by atoms with Crippen LogP contribution in [0.4, 0.5) is 4.79 Å². The number of Topliss-reactive ketones (excluding diaryl/α,β-unsaturated/α-hetero) is 1. The van der Waals surface area contributed by atoms with Gasteiger partial charge in [-0.2, -0.15) is 0 Å². The zero-order valence-corrected chi connectivity index (χ0v) is 37.9. The summed E-state index contributed by atoms with van der Waals surface area (Å²) in [6.07, 6.45) is -11.6. The average Bonchev–Trinajstić information content (AvgIpc) is 3.32. The number of esters is 3. The van der Waals surface area contributed by atoms with E-state index < -0.39 is 113 Å². The smallest absolute Gasteiger partial charge is 0.410 e. The molecule has 3 aromatic carbocycles. The van der Waals surface area contributed by atoms with E-state index in [2.05, 4.69) is 5.32 Å². The summed E-state index contributed by atoms with van der Waals surface area (Å²) in [6, 6.07) is 23.0. The van der Waals surface area contributed by atoms with Crippen LogP contribution in [0.3, 0.4) is 0 Å². The summed E-state index contributed by atoms with van der Waals surface area (Å²) in [7, 11) is 0. The van der Waals surface area contributed by atoms with Crippen LogP contribution in [0.1, 0.15) is 79.8 Å². The number of amides is 2. The lowest BCUT2D eigenvalue weighted by atomic mass is 9.44. The Morgan fingerprint density at radius 2 is 1.45 bits per heavy atom. The molecule has 3 aromatic rings. The topological polar surface area (TPSA) is 234 Å². The van der Waals surface area contributed by atoms with Gasteiger partial charge < -0.3 is 54.0 Å². The Labute approximate surface area is 387 Å². The Bertz CT molecular complexity index is 2420. The molecular weight excluding hydrogens is 869 g/mol. The van der Waals surface area contributed by atoms with E-state index in [0.717, 1.165) is 6.92 Å². The number of aliphatic hydroxyl groups excluding tert-OH is 2. The molecule has 356 valence electrons. The van der Waals surface area contributed by atoms with Crippen molar-refractivity contribution in [3.63, 3.8) is 0 Å². The highest BCUT2D eigenvalue weighted by atomic mass is 16.6. The Balaban J connectivity index is 1.29. The zero-order valence-electron chi connectivity index (χ0n) is 37.9. The Hall–Kier alpha value is -5.98. The number of aliphatic hydroxyl groups is 3. The van der Waals surface area contributed by atoms with Crippen LogP contribution in [0.25, 0.3) is 0 Å². The van der Waals surface area contributed by atoms with Gasteiger partial charge in [0.05, 0.1) is 48.9 Å². The summed E-state index contributed by atoms with van der Waals surface area (Å²) in [5, 5.41) is 40.8. The lowest BCUT2D eigenvalue weighted by Gasteiger charge is -2.67. The largest absolute Gasteiger partial charge is 0.456 e. The van der Waals surface area contributed by atoms with Crippen LogP contribution in [0.5, 0.6) is 0 Å². The Morgan fingerprint density at radius 3 is 2.03 bits per heavy atom. The number of nitrogens with zero attached hydrogens (tertiary/aromatic N) is 1. The molecule has 3 aliphatic carbocycles. The van der Waals surface area contributed by atoms with Crippen molar-refractivity contribution in [3.05, 3.63) is 119 Å². The third-order valence-corrected chi connectivity index (χ3v) is 14.7. The van der Waals surface area contributed by atoms with Crippen LogP contribution < -0.4 is 5.32 Å². The minimum Gasteiger partial charge on any atom is -0.456 e. The maximum Gasteiger partial charge on any atom is 0.410 e. The second-order valence-corrected chi connectivity index (χ2v) is 18.7. The van der Waals surface area contributed by atoms with E-state index in [1.165, 1.54) is 30.9 Å². The molecule has 4 fully saturated rings. The first-order valence-electron chi connectivity index (χ1n) is 22.4. The van der Waals surface area contributed by atoms with Gasteiger partial charge in [-0.3, -0.25) is 14.4 Å². The number of morpholine rings is 1. The fraction of sp³-hybridized carbons (Fsp3) is 0.480. The number of hydrogen-bond acceptors (Lipinski definition) is 15. The minimum absolute atomic E-state index is 0.0155. The molecule has 2 saturated carbocycles. The maximum absolute atomic E-state index is 15.9. The lowest BCUT2D eigenvalue weighted by molar-refractivity contribution is -0.346. The number of fused-ring (bicyclic) bond motifs is 5. The lowest BCUT2D eigenvalue weighted by Crippen LogP contribution is -2.82. The second kappa shape index (κ2) is 18.3. The summed E-state index contributed by atoms with van der Waals surface area (Å²) >= 11 is 0. The monoisotopic (exact) mass is 924 g/mol. The summed E-state index contributed by atoms with van der Waals surface area (Å²) in [5.74, 6) is -6.01. The molecule has 17 nitrogen and oxygen atoms in total. The fourth-order valence-electron chi connectivity index (χ4n) is 10.9. The van der Waals surface area contributed by atoms with E-state index in [-0.39, 0.29) is 61.6 Å². The molecular formula is C50H56N2O15. The molecule has 17 heteroatoms. The van der Waals surface area contributed by atoms with Crippen molar-refractivity contribution in [1.29, 1.82) is 0 Å². The van der Waals surface area contributed by atoms with Crippen molar-refractivity contribution in [3.8, 4) is 0 Å². The SMILES string of the molecule is CC(=O)O[C@@]12CO[C@@H]1C[C@H](O)[C@@]1(C)C(=O)[C@H](OC(=O)N3CCOCC3)C3=C(C)[C@@H](OC(=O)[C@H](O)[C@@H](NC(=O)c4ccccc4)c4ccccc4)C[C@@](O)([C@@H](OC(=O)c4ccccc4)[C@H]21)C3(C)C. The van der Waals surface area contributed by atoms with Crippen molar-refractivity contribution < 1.29 is 72.5 Å². The average molecular weight is 925 g/mol. The first-order chi connectivity index (χ1) is 31.8. The number of benzene rings is 3. The second-order valence-electron chi connectivity index (χ2n) is 18.7. The highest BCUT2D eigenvalue weighted by Crippen LogP contribution is 2.64. The molecule has 2 bridgehead atoms. The van der Waals surface area contributed by atoms with Crippen molar-refractivity contribution in [2.24, 2.45) is 16.7 Å². The maximum atomic E-state index is 15.9. The number of carbonyl (C=O) groups is 6. The van der Waals surface area contributed by atoms with Gasteiger partial charge in [0.15, 0.2) is 23.6 Å².